The first-order valence-corrected chi connectivity index (χ1v) is 8.67. The van der Waals surface area contributed by atoms with Gasteiger partial charge in [0.05, 0.1) is 11.8 Å². The number of hydrogen-bond acceptors (Lipinski definition) is 4. The van der Waals surface area contributed by atoms with Gasteiger partial charge in [0.15, 0.2) is 0 Å². The number of rotatable bonds is 6. The standard InChI is InChI=1S/C19H22N2O3/c22-15-4-1-3-12(9-15)11-20-7-2-8-21-18(23)16-13-5-6-14(10-13)17(16)19(21)24/h1,3-6,9,13-14,16-17,20,22H,2,7-8,10-11H2/t13-,14-,16-,17+/m0/s1. The molecule has 4 rings (SSSR count). The number of carbonyl (C=O) groups excluding carboxylic acids is 2. The summed E-state index contributed by atoms with van der Waals surface area (Å²) in [5.74, 6) is 0.721. The SMILES string of the molecule is O=C1[C@@H]2[C@H](C(=O)N1CCCNCc1cccc(O)c1)[C@H]1C=C[C@H]2C1. The fourth-order valence-corrected chi connectivity index (χ4v) is 4.45. The molecular formula is C19H22N2O3. The van der Waals surface area contributed by atoms with Crippen molar-refractivity contribution < 1.29 is 14.7 Å². The summed E-state index contributed by atoms with van der Waals surface area (Å²) >= 11 is 0. The maximum Gasteiger partial charge on any atom is 0.233 e. The molecule has 4 atom stereocenters. The molecule has 3 aliphatic rings. The van der Waals surface area contributed by atoms with E-state index in [0.29, 0.717) is 13.1 Å². The molecule has 1 aromatic rings. The second kappa shape index (κ2) is 6.06. The van der Waals surface area contributed by atoms with Crippen LogP contribution in [0.3, 0.4) is 0 Å². The third kappa shape index (κ3) is 2.53. The van der Waals surface area contributed by atoms with Crippen LogP contribution in [0.4, 0.5) is 0 Å². The van der Waals surface area contributed by atoms with Crippen LogP contribution < -0.4 is 5.32 Å². The van der Waals surface area contributed by atoms with Gasteiger partial charge in [-0.15, -0.1) is 0 Å². The van der Waals surface area contributed by atoms with E-state index in [1.807, 2.05) is 12.1 Å². The van der Waals surface area contributed by atoms with Gasteiger partial charge in [0.1, 0.15) is 5.75 Å². The summed E-state index contributed by atoms with van der Waals surface area (Å²) in [6.45, 7) is 1.89. The van der Waals surface area contributed by atoms with E-state index < -0.39 is 0 Å². The highest BCUT2D eigenvalue weighted by Gasteiger charge is 2.58. The average molecular weight is 326 g/mol. The molecule has 1 aliphatic heterocycles. The molecule has 2 amide bonds. The first kappa shape index (κ1) is 15.4. The lowest BCUT2D eigenvalue weighted by Crippen LogP contribution is -2.35. The van der Waals surface area contributed by atoms with Crippen molar-refractivity contribution in [3.63, 3.8) is 0 Å². The number of benzene rings is 1. The molecule has 1 saturated heterocycles. The van der Waals surface area contributed by atoms with E-state index in [1.54, 1.807) is 12.1 Å². The summed E-state index contributed by atoms with van der Waals surface area (Å²) in [6.07, 6.45) is 5.97. The predicted molar refractivity (Wildman–Crippen MR) is 88.9 cm³/mol. The van der Waals surface area contributed by atoms with E-state index in [-0.39, 0.29) is 41.2 Å². The molecule has 1 aromatic carbocycles. The molecule has 2 fully saturated rings. The number of nitrogens with one attached hydrogen (secondary N) is 1. The van der Waals surface area contributed by atoms with Crippen LogP contribution >= 0.6 is 0 Å². The third-order valence-corrected chi connectivity index (χ3v) is 5.54. The van der Waals surface area contributed by atoms with Crippen LogP contribution in [0.1, 0.15) is 18.4 Å². The molecule has 24 heavy (non-hydrogen) atoms. The smallest absolute Gasteiger partial charge is 0.233 e. The van der Waals surface area contributed by atoms with Crippen LogP contribution in [0.15, 0.2) is 36.4 Å². The Morgan fingerprint density at radius 3 is 2.50 bits per heavy atom. The molecule has 1 heterocycles. The minimum Gasteiger partial charge on any atom is -0.508 e. The topological polar surface area (TPSA) is 69.6 Å². The number of likely N-dealkylation sites (tertiary alicyclic amines) is 1. The van der Waals surface area contributed by atoms with E-state index in [0.717, 1.165) is 24.9 Å². The Bertz CT molecular complexity index is 670. The van der Waals surface area contributed by atoms with Crippen LogP contribution in [-0.4, -0.2) is 34.9 Å². The number of carbonyl (C=O) groups is 2. The van der Waals surface area contributed by atoms with Crippen molar-refractivity contribution in [1.82, 2.24) is 10.2 Å². The highest BCUT2D eigenvalue weighted by atomic mass is 16.3. The van der Waals surface area contributed by atoms with Crippen LogP contribution in [0.2, 0.25) is 0 Å². The lowest BCUT2D eigenvalue weighted by atomic mass is 9.85. The van der Waals surface area contributed by atoms with Gasteiger partial charge < -0.3 is 10.4 Å². The van der Waals surface area contributed by atoms with E-state index in [9.17, 15) is 14.7 Å². The van der Waals surface area contributed by atoms with Gasteiger partial charge in [-0.05, 0) is 48.9 Å². The lowest BCUT2D eigenvalue weighted by Gasteiger charge is -2.17. The number of hydrogen-bond donors (Lipinski definition) is 2. The molecule has 0 unspecified atom stereocenters. The van der Waals surface area contributed by atoms with Crippen LogP contribution in [0, 0.1) is 23.7 Å². The zero-order valence-electron chi connectivity index (χ0n) is 13.5. The fourth-order valence-electron chi connectivity index (χ4n) is 4.45. The molecule has 2 aliphatic carbocycles. The number of allylic oxidation sites excluding steroid dienone is 2. The lowest BCUT2D eigenvalue weighted by molar-refractivity contribution is -0.140. The fraction of sp³-hybridized carbons (Fsp3) is 0.474. The van der Waals surface area contributed by atoms with Crippen LogP contribution in [0.5, 0.6) is 5.75 Å². The molecule has 0 aromatic heterocycles. The second-order valence-corrected chi connectivity index (χ2v) is 7.03. The van der Waals surface area contributed by atoms with E-state index in [4.69, 9.17) is 0 Å². The molecule has 5 nitrogen and oxygen atoms in total. The largest absolute Gasteiger partial charge is 0.508 e. The van der Waals surface area contributed by atoms with Gasteiger partial charge in [0, 0.05) is 13.1 Å². The maximum absolute atomic E-state index is 12.5. The maximum atomic E-state index is 12.5. The number of phenols is 1. The minimum absolute atomic E-state index is 0.0369. The molecule has 0 spiro atoms. The molecule has 1 saturated carbocycles. The Hall–Kier alpha value is -2.14. The normalized spacial score (nSPS) is 30.4. The number of phenolic OH excluding ortho intramolecular Hbond substituents is 1. The molecule has 5 heteroatoms. The van der Waals surface area contributed by atoms with Crippen molar-refractivity contribution in [1.29, 1.82) is 0 Å². The summed E-state index contributed by atoms with van der Waals surface area (Å²) in [5.41, 5.74) is 1.01. The Kier molecular flexibility index (Phi) is 3.88. The molecule has 126 valence electrons. The van der Waals surface area contributed by atoms with Gasteiger partial charge >= 0.3 is 0 Å². The Balaban J connectivity index is 1.25. The summed E-state index contributed by atoms with van der Waals surface area (Å²) in [5, 5.41) is 12.7. The number of imide groups is 1. The Morgan fingerprint density at radius 1 is 1.12 bits per heavy atom. The first-order chi connectivity index (χ1) is 11.6. The van der Waals surface area contributed by atoms with E-state index in [1.165, 1.54) is 4.90 Å². The summed E-state index contributed by atoms with van der Waals surface area (Å²) in [7, 11) is 0. The first-order valence-electron chi connectivity index (χ1n) is 8.67. The van der Waals surface area contributed by atoms with Crippen molar-refractivity contribution in [3.05, 3.63) is 42.0 Å². The summed E-state index contributed by atoms with van der Waals surface area (Å²) in [6, 6.07) is 7.14. The number of nitrogens with zero attached hydrogens (tertiary/aromatic N) is 1. The van der Waals surface area contributed by atoms with Crippen LogP contribution in [0.25, 0.3) is 0 Å². The van der Waals surface area contributed by atoms with Crippen molar-refractivity contribution >= 4 is 11.8 Å². The van der Waals surface area contributed by atoms with Gasteiger partial charge in [-0.3, -0.25) is 14.5 Å². The zero-order valence-corrected chi connectivity index (χ0v) is 13.5. The third-order valence-electron chi connectivity index (χ3n) is 5.54. The highest BCUT2D eigenvalue weighted by Crippen LogP contribution is 2.52. The van der Waals surface area contributed by atoms with E-state index >= 15 is 0 Å². The predicted octanol–water partition coefficient (Wildman–Crippen LogP) is 1.68. The van der Waals surface area contributed by atoms with Gasteiger partial charge in [-0.1, -0.05) is 24.3 Å². The molecule has 2 N–H and O–H groups in total. The average Bonchev–Trinajstić information content (AvgIpc) is 3.23. The van der Waals surface area contributed by atoms with E-state index in [2.05, 4.69) is 17.5 Å². The molecular weight excluding hydrogens is 304 g/mol. The van der Waals surface area contributed by atoms with Crippen molar-refractivity contribution in [2.75, 3.05) is 13.1 Å². The monoisotopic (exact) mass is 326 g/mol. The number of aromatic hydroxyl groups is 1. The summed E-state index contributed by atoms with van der Waals surface area (Å²) in [4.78, 5) is 26.5. The van der Waals surface area contributed by atoms with Crippen LogP contribution in [-0.2, 0) is 16.1 Å². The van der Waals surface area contributed by atoms with Crippen molar-refractivity contribution in [2.45, 2.75) is 19.4 Å². The van der Waals surface area contributed by atoms with Gasteiger partial charge in [0.25, 0.3) is 0 Å². The second-order valence-electron chi connectivity index (χ2n) is 7.03. The van der Waals surface area contributed by atoms with Crippen molar-refractivity contribution in [3.8, 4) is 5.75 Å². The van der Waals surface area contributed by atoms with Gasteiger partial charge in [-0.2, -0.15) is 0 Å². The minimum atomic E-state index is -0.0900. The Morgan fingerprint density at radius 2 is 1.83 bits per heavy atom. The highest BCUT2D eigenvalue weighted by molar-refractivity contribution is 6.06. The summed E-state index contributed by atoms with van der Waals surface area (Å²) < 4.78 is 0. The van der Waals surface area contributed by atoms with Crippen molar-refractivity contribution in [2.24, 2.45) is 23.7 Å². The molecule has 2 bridgehead atoms. The Labute approximate surface area is 141 Å². The van der Waals surface area contributed by atoms with Gasteiger partial charge in [-0.25, -0.2) is 0 Å². The van der Waals surface area contributed by atoms with Gasteiger partial charge in [0.2, 0.25) is 11.8 Å². The quantitative estimate of drug-likeness (QED) is 0.474. The number of fused-ring (bicyclic) bond motifs is 5. The molecule has 0 radical (unpaired) electrons. The zero-order chi connectivity index (χ0) is 16.7. The number of amides is 2.